The fraction of sp³-hybridized carbons (Fsp3) is 0. The number of hydrogen-bond donors (Lipinski definition) is 3. The lowest BCUT2D eigenvalue weighted by molar-refractivity contribution is 0.0847. The molecular weight excluding hydrogens is 478 g/mol. The average molecular weight is 498 g/mol. The van der Waals surface area contributed by atoms with E-state index in [0.29, 0.717) is 10.4 Å². The quantitative estimate of drug-likeness (QED) is 0.272. The minimum Gasteiger partial charge on any atom is -0.277 e. The second-order valence-electron chi connectivity index (χ2n) is 7.39. The molecule has 3 aromatic heterocycles. The van der Waals surface area contributed by atoms with Crippen molar-refractivity contribution in [1.29, 1.82) is 0 Å². The number of benzene rings is 2. The fourth-order valence-electron chi connectivity index (χ4n) is 3.37. The lowest BCUT2D eigenvalue weighted by Gasteiger charge is -2.10. The van der Waals surface area contributed by atoms with Crippen molar-refractivity contribution in [1.82, 2.24) is 26.0 Å². The molecule has 0 saturated heterocycles. The number of hydrazine groups is 1. The van der Waals surface area contributed by atoms with Crippen LogP contribution in [0.15, 0.2) is 94.2 Å². The molecule has 0 saturated carbocycles. The van der Waals surface area contributed by atoms with Gasteiger partial charge in [-0.05, 0) is 66.1 Å². The predicted molar refractivity (Wildman–Crippen MR) is 139 cm³/mol. The van der Waals surface area contributed by atoms with Crippen LogP contribution in [0.25, 0.3) is 23.1 Å². The highest BCUT2D eigenvalue weighted by molar-refractivity contribution is 7.99. The van der Waals surface area contributed by atoms with E-state index in [1.54, 1.807) is 35.8 Å². The Hall–Kier alpha value is -4.21. The van der Waals surface area contributed by atoms with E-state index in [1.807, 2.05) is 60.7 Å². The molecule has 172 valence electrons. The van der Waals surface area contributed by atoms with E-state index < -0.39 is 0 Å². The van der Waals surface area contributed by atoms with Gasteiger partial charge in [0.25, 0.3) is 11.8 Å². The standard InChI is InChI=1S/C26H19N5O2S2/c32-25(30-31-26(33)24-9-5-15-34-24)20-7-1-2-8-23(20)35-18-11-12-19-21(28-29-22(19)16-18)13-10-17-6-3-4-14-27-17/h1-16H,(H,28,29)(H,30,32)(H,31,33). The third-order valence-corrected chi connectivity index (χ3v) is 6.99. The van der Waals surface area contributed by atoms with Crippen molar-refractivity contribution in [2.24, 2.45) is 0 Å². The molecule has 7 nitrogen and oxygen atoms in total. The maximum absolute atomic E-state index is 12.8. The first-order chi connectivity index (χ1) is 17.2. The molecule has 2 aromatic carbocycles. The highest BCUT2D eigenvalue weighted by Crippen LogP contribution is 2.32. The molecule has 0 bridgehead atoms. The number of fused-ring (bicyclic) bond motifs is 1. The van der Waals surface area contributed by atoms with E-state index in [9.17, 15) is 9.59 Å². The predicted octanol–water partition coefficient (Wildman–Crippen LogP) is 5.42. The van der Waals surface area contributed by atoms with E-state index in [2.05, 4.69) is 26.0 Å². The molecule has 0 aliphatic carbocycles. The lowest BCUT2D eigenvalue weighted by atomic mass is 10.2. The van der Waals surface area contributed by atoms with Crippen LogP contribution < -0.4 is 10.9 Å². The van der Waals surface area contributed by atoms with Gasteiger partial charge in [0.15, 0.2) is 0 Å². The number of thiophene rings is 1. The number of aromatic amines is 1. The van der Waals surface area contributed by atoms with Crippen molar-refractivity contribution in [2.45, 2.75) is 9.79 Å². The Morgan fingerprint density at radius 3 is 2.60 bits per heavy atom. The summed E-state index contributed by atoms with van der Waals surface area (Å²) in [6.07, 6.45) is 5.60. The van der Waals surface area contributed by atoms with Crippen LogP contribution in [0.4, 0.5) is 0 Å². The minimum absolute atomic E-state index is 0.351. The Kier molecular flexibility index (Phi) is 6.69. The first kappa shape index (κ1) is 22.6. The Bertz CT molecular complexity index is 1510. The van der Waals surface area contributed by atoms with Crippen molar-refractivity contribution in [3.05, 3.63) is 106 Å². The lowest BCUT2D eigenvalue weighted by Crippen LogP contribution is -2.41. The summed E-state index contributed by atoms with van der Waals surface area (Å²) < 4.78 is 0. The number of hydrogen-bond acceptors (Lipinski definition) is 6. The number of pyridine rings is 1. The molecule has 0 radical (unpaired) electrons. The zero-order chi connectivity index (χ0) is 24.0. The Morgan fingerprint density at radius 2 is 1.77 bits per heavy atom. The number of nitrogens with one attached hydrogen (secondary N) is 3. The SMILES string of the molecule is O=C(NNC(=O)c1ccccc1Sc1ccc2c(C=Cc3ccccn3)n[nH]c2c1)c1cccs1. The van der Waals surface area contributed by atoms with Crippen LogP contribution >= 0.6 is 23.1 Å². The topological polar surface area (TPSA) is 99.8 Å². The summed E-state index contributed by atoms with van der Waals surface area (Å²) in [5.41, 5.74) is 8.00. The fourth-order valence-corrected chi connectivity index (χ4v) is 4.97. The van der Waals surface area contributed by atoms with Gasteiger partial charge in [-0.1, -0.05) is 36.0 Å². The first-order valence-electron chi connectivity index (χ1n) is 10.7. The number of carbonyl (C=O) groups is 2. The van der Waals surface area contributed by atoms with Gasteiger partial charge < -0.3 is 0 Å². The van der Waals surface area contributed by atoms with Gasteiger partial charge in [-0.15, -0.1) is 11.3 Å². The Morgan fingerprint density at radius 1 is 0.914 bits per heavy atom. The molecule has 0 aliphatic heterocycles. The van der Waals surface area contributed by atoms with Gasteiger partial charge >= 0.3 is 0 Å². The Labute approximate surface area is 209 Å². The van der Waals surface area contributed by atoms with Crippen LogP contribution in [0, 0.1) is 0 Å². The monoisotopic (exact) mass is 497 g/mol. The van der Waals surface area contributed by atoms with Gasteiger partial charge in [-0.25, -0.2) is 0 Å². The number of carbonyl (C=O) groups excluding carboxylic acids is 2. The van der Waals surface area contributed by atoms with E-state index in [4.69, 9.17) is 0 Å². The maximum Gasteiger partial charge on any atom is 0.279 e. The number of nitrogens with zero attached hydrogens (tertiary/aromatic N) is 2. The zero-order valence-corrected chi connectivity index (χ0v) is 19.9. The van der Waals surface area contributed by atoms with Crippen LogP contribution in [0.1, 0.15) is 31.4 Å². The smallest absolute Gasteiger partial charge is 0.277 e. The van der Waals surface area contributed by atoms with Crippen LogP contribution in [0.3, 0.4) is 0 Å². The molecule has 5 aromatic rings. The van der Waals surface area contributed by atoms with Crippen LogP contribution in [-0.4, -0.2) is 27.0 Å². The van der Waals surface area contributed by atoms with Crippen LogP contribution in [-0.2, 0) is 0 Å². The van der Waals surface area contributed by atoms with Gasteiger partial charge in [-0.2, -0.15) is 5.10 Å². The number of aromatic nitrogens is 3. The number of amides is 2. The highest BCUT2D eigenvalue weighted by Gasteiger charge is 2.14. The molecule has 2 amide bonds. The normalized spacial score (nSPS) is 11.1. The third-order valence-electron chi connectivity index (χ3n) is 5.06. The second kappa shape index (κ2) is 10.4. The summed E-state index contributed by atoms with van der Waals surface area (Å²) in [6.45, 7) is 0. The molecule has 0 spiro atoms. The molecule has 3 heterocycles. The van der Waals surface area contributed by atoms with Crippen LogP contribution in [0.2, 0.25) is 0 Å². The summed E-state index contributed by atoms with van der Waals surface area (Å²) in [6, 6.07) is 22.5. The molecule has 0 unspecified atom stereocenters. The van der Waals surface area contributed by atoms with Crippen LogP contribution in [0.5, 0.6) is 0 Å². The van der Waals surface area contributed by atoms with Gasteiger partial charge in [0.05, 0.1) is 27.3 Å². The van der Waals surface area contributed by atoms with E-state index in [-0.39, 0.29) is 11.8 Å². The van der Waals surface area contributed by atoms with Gasteiger partial charge in [-0.3, -0.25) is 30.5 Å². The van der Waals surface area contributed by atoms with Crippen molar-refractivity contribution < 1.29 is 9.59 Å². The summed E-state index contributed by atoms with van der Waals surface area (Å²) in [7, 11) is 0. The van der Waals surface area contributed by atoms with Gasteiger partial charge in [0.1, 0.15) is 0 Å². The molecule has 0 aliphatic rings. The zero-order valence-electron chi connectivity index (χ0n) is 18.3. The summed E-state index contributed by atoms with van der Waals surface area (Å²) >= 11 is 2.77. The van der Waals surface area contributed by atoms with Crippen molar-refractivity contribution in [3.8, 4) is 0 Å². The molecular formula is C26H19N5O2S2. The molecule has 3 N–H and O–H groups in total. The molecule has 9 heteroatoms. The van der Waals surface area contributed by atoms with E-state index in [1.165, 1.54) is 23.1 Å². The molecule has 0 atom stereocenters. The van der Waals surface area contributed by atoms with E-state index >= 15 is 0 Å². The van der Waals surface area contributed by atoms with Crippen molar-refractivity contribution in [3.63, 3.8) is 0 Å². The summed E-state index contributed by atoms with van der Waals surface area (Å²) in [5.74, 6) is -0.737. The summed E-state index contributed by atoms with van der Waals surface area (Å²) in [5, 5.41) is 10.3. The Balaban J connectivity index is 1.31. The largest absolute Gasteiger partial charge is 0.279 e. The number of H-pyrrole nitrogens is 1. The van der Waals surface area contributed by atoms with Crippen molar-refractivity contribution in [2.75, 3.05) is 0 Å². The summed E-state index contributed by atoms with van der Waals surface area (Å²) in [4.78, 5) is 31.4. The van der Waals surface area contributed by atoms with Crippen molar-refractivity contribution >= 4 is 58.0 Å². The number of rotatable bonds is 6. The highest BCUT2D eigenvalue weighted by atomic mass is 32.2. The van der Waals surface area contributed by atoms with Gasteiger partial charge in [0.2, 0.25) is 0 Å². The molecule has 35 heavy (non-hydrogen) atoms. The first-order valence-corrected chi connectivity index (χ1v) is 12.4. The third kappa shape index (κ3) is 5.32. The maximum atomic E-state index is 12.8. The molecule has 0 fully saturated rings. The second-order valence-corrected chi connectivity index (χ2v) is 9.45. The molecule has 5 rings (SSSR count). The average Bonchev–Trinajstić information content (AvgIpc) is 3.57. The van der Waals surface area contributed by atoms with E-state index in [0.717, 1.165) is 32.1 Å². The minimum atomic E-state index is -0.387. The van der Waals surface area contributed by atoms with Gasteiger partial charge in [0, 0.05) is 21.4 Å².